The van der Waals surface area contributed by atoms with E-state index in [2.05, 4.69) is 14.5 Å². The zero-order valence-corrected chi connectivity index (χ0v) is 13.8. The minimum Gasteiger partial charge on any atom is -0.463 e. The summed E-state index contributed by atoms with van der Waals surface area (Å²) in [5.41, 5.74) is 1.08. The Bertz CT molecular complexity index is 678. The van der Waals surface area contributed by atoms with E-state index < -0.39 is 5.97 Å². The smallest absolute Gasteiger partial charge is 0.373 e. The van der Waals surface area contributed by atoms with Crippen molar-refractivity contribution in [3.05, 3.63) is 52.9 Å². The normalized spacial score (nSPS) is 15.7. The predicted octanol–water partition coefficient (Wildman–Crippen LogP) is 3.04. The Kier molecular flexibility index (Phi) is 4.88. The average Bonchev–Trinajstić information content (AvgIpc) is 3.04. The molecule has 122 valence electrons. The third-order valence-corrected chi connectivity index (χ3v) is 4.31. The first-order valence-electron chi connectivity index (χ1n) is 7.56. The highest BCUT2D eigenvalue weighted by atomic mass is 35.5. The molecule has 1 aromatic heterocycles. The minimum atomic E-state index is -0.445. The molecule has 0 unspecified atom stereocenters. The highest BCUT2D eigenvalue weighted by Gasteiger charge is 2.20. The van der Waals surface area contributed by atoms with Crippen LogP contribution < -0.4 is 4.90 Å². The molecule has 3 rings (SSSR count). The molecule has 1 aromatic carbocycles. The van der Waals surface area contributed by atoms with Gasteiger partial charge in [0, 0.05) is 26.2 Å². The van der Waals surface area contributed by atoms with E-state index >= 15 is 0 Å². The Balaban J connectivity index is 1.56. The summed E-state index contributed by atoms with van der Waals surface area (Å²) in [6, 6.07) is 11.4. The molecule has 1 fully saturated rings. The van der Waals surface area contributed by atoms with Gasteiger partial charge in [-0.15, -0.1) is 0 Å². The number of hydrogen-bond donors (Lipinski definition) is 0. The van der Waals surface area contributed by atoms with E-state index in [9.17, 15) is 4.79 Å². The molecule has 6 heteroatoms. The van der Waals surface area contributed by atoms with Crippen LogP contribution in [0.15, 0.2) is 40.8 Å². The van der Waals surface area contributed by atoms with Crippen LogP contribution in [0.5, 0.6) is 0 Å². The topological polar surface area (TPSA) is 45.9 Å². The Morgan fingerprint density at radius 2 is 1.91 bits per heavy atom. The third kappa shape index (κ3) is 3.68. The number of benzene rings is 1. The molecular formula is C17H19ClN2O3. The van der Waals surface area contributed by atoms with Crippen molar-refractivity contribution >= 4 is 23.3 Å². The number of halogens is 1. The molecule has 1 aliphatic heterocycles. The van der Waals surface area contributed by atoms with Gasteiger partial charge < -0.3 is 14.1 Å². The van der Waals surface area contributed by atoms with Gasteiger partial charge in [0.05, 0.1) is 24.4 Å². The Morgan fingerprint density at radius 1 is 1.17 bits per heavy atom. The van der Waals surface area contributed by atoms with E-state index in [1.807, 2.05) is 30.3 Å². The Morgan fingerprint density at radius 3 is 2.61 bits per heavy atom. The standard InChI is InChI=1S/C17H19ClN2O3/c1-22-17(21)16-7-6-13(23-16)12-19-8-10-20(11-9-19)15-5-3-2-4-14(15)18/h2-7H,8-12H2,1H3. The predicted molar refractivity (Wildman–Crippen MR) is 89.0 cm³/mol. The van der Waals surface area contributed by atoms with Gasteiger partial charge in [0.2, 0.25) is 5.76 Å². The molecule has 0 spiro atoms. The maximum absolute atomic E-state index is 11.4. The summed E-state index contributed by atoms with van der Waals surface area (Å²) < 4.78 is 10.2. The van der Waals surface area contributed by atoms with Crippen molar-refractivity contribution in [1.82, 2.24) is 4.90 Å². The van der Waals surface area contributed by atoms with Crippen LogP contribution in [0.1, 0.15) is 16.3 Å². The lowest BCUT2D eigenvalue weighted by atomic mass is 10.2. The lowest BCUT2D eigenvalue weighted by Gasteiger charge is -2.36. The van der Waals surface area contributed by atoms with Crippen molar-refractivity contribution < 1.29 is 13.9 Å². The number of esters is 1. The van der Waals surface area contributed by atoms with Crippen molar-refractivity contribution in [2.45, 2.75) is 6.54 Å². The second-order valence-electron chi connectivity index (χ2n) is 5.47. The summed E-state index contributed by atoms with van der Waals surface area (Å²) in [6.45, 7) is 4.34. The van der Waals surface area contributed by atoms with Gasteiger partial charge in [0.1, 0.15) is 5.76 Å². The van der Waals surface area contributed by atoms with E-state index in [1.54, 1.807) is 6.07 Å². The van der Waals surface area contributed by atoms with Crippen molar-refractivity contribution in [2.24, 2.45) is 0 Å². The number of rotatable bonds is 4. The zero-order chi connectivity index (χ0) is 16.2. The number of ether oxygens (including phenoxy) is 1. The number of methoxy groups -OCH3 is 1. The van der Waals surface area contributed by atoms with Crippen molar-refractivity contribution in [3.63, 3.8) is 0 Å². The monoisotopic (exact) mass is 334 g/mol. The van der Waals surface area contributed by atoms with Gasteiger partial charge in [-0.05, 0) is 24.3 Å². The quantitative estimate of drug-likeness (QED) is 0.804. The lowest BCUT2D eigenvalue weighted by molar-refractivity contribution is 0.0561. The Hall–Kier alpha value is -1.98. The van der Waals surface area contributed by atoms with Crippen LogP contribution in [0.25, 0.3) is 0 Å². The highest BCUT2D eigenvalue weighted by molar-refractivity contribution is 6.33. The van der Waals surface area contributed by atoms with Crippen LogP contribution in [0, 0.1) is 0 Å². The van der Waals surface area contributed by atoms with Gasteiger partial charge in [-0.1, -0.05) is 23.7 Å². The molecule has 0 saturated carbocycles. The second-order valence-corrected chi connectivity index (χ2v) is 5.88. The minimum absolute atomic E-state index is 0.247. The summed E-state index contributed by atoms with van der Waals surface area (Å²) in [4.78, 5) is 16.0. The van der Waals surface area contributed by atoms with Gasteiger partial charge in [0.25, 0.3) is 0 Å². The van der Waals surface area contributed by atoms with Gasteiger partial charge >= 0.3 is 5.97 Å². The number of piperazine rings is 1. The second kappa shape index (κ2) is 7.06. The van der Waals surface area contributed by atoms with E-state index in [4.69, 9.17) is 16.0 Å². The maximum Gasteiger partial charge on any atom is 0.373 e. The van der Waals surface area contributed by atoms with Gasteiger partial charge in [-0.3, -0.25) is 4.90 Å². The van der Waals surface area contributed by atoms with Crippen molar-refractivity contribution in [3.8, 4) is 0 Å². The Labute approximate surface area is 140 Å². The number of carbonyl (C=O) groups is 1. The highest BCUT2D eigenvalue weighted by Crippen LogP contribution is 2.26. The molecule has 5 nitrogen and oxygen atoms in total. The van der Waals surface area contributed by atoms with E-state index in [0.29, 0.717) is 6.54 Å². The summed E-state index contributed by atoms with van der Waals surface area (Å²) in [6.07, 6.45) is 0. The molecule has 0 aliphatic carbocycles. The van der Waals surface area contributed by atoms with Gasteiger partial charge in [-0.2, -0.15) is 0 Å². The van der Waals surface area contributed by atoms with E-state index in [1.165, 1.54) is 7.11 Å². The molecule has 1 aliphatic rings. The molecule has 0 N–H and O–H groups in total. The molecule has 0 atom stereocenters. The summed E-state index contributed by atoms with van der Waals surface area (Å²) in [7, 11) is 1.35. The van der Waals surface area contributed by atoms with Crippen LogP contribution in [-0.4, -0.2) is 44.2 Å². The number of para-hydroxylation sites is 1. The molecule has 0 bridgehead atoms. The average molecular weight is 335 g/mol. The van der Waals surface area contributed by atoms with Crippen LogP contribution in [-0.2, 0) is 11.3 Å². The summed E-state index contributed by atoms with van der Waals surface area (Å²) in [5, 5.41) is 0.787. The first kappa shape index (κ1) is 15.9. The number of furan rings is 1. The zero-order valence-electron chi connectivity index (χ0n) is 13.0. The molecule has 1 saturated heterocycles. The van der Waals surface area contributed by atoms with Crippen LogP contribution >= 0.6 is 11.6 Å². The largest absolute Gasteiger partial charge is 0.463 e. The first-order chi connectivity index (χ1) is 11.2. The molecule has 2 heterocycles. The first-order valence-corrected chi connectivity index (χ1v) is 7.94. The summed E-state index contributed by atoms with van der Waals surface area (Å²) >= 11 is 6.26. The fourth-order valence-corrected chi connectivity index (χ4v) is 3.00. The number of anilines is 1. The molecule has 0 radical (unpaired) electrons. The maximum atomic E-state index is 11.4. The third-order valence-electron chi connectivity index (χ3n) is 3.99. The van der Waals surface area contributed by atoms with Crippen molar-refractivity contribution in [1.29, 1.82) is 0 Å². The lowest BCUT2D eigenvalue weighted by Crippen LogP contribution is -2.46. The van der Waals surface area contributed by atoms with E-state index in [0.717, 1.165) is 42.6 Å². The van der Waals surface area contributed by atoms with Crippen LogP contribution in [0.2, 0.25) is 5.02 Å². The SMILES string of the molecule is COC(=O)c1ccc(CN2CCN(c3ccccc3Cl)CC2)o1. The number of hydrogen-bond acceptors (Lipinski definition) is 5. The van der Waals surface area contributed by atoms with Crippen molar-refractivity contribution in [2.75, 3.05) is 38.2 Å². The fourth-order valence-electron chi connectivity index (χ4n) is 2.75. The van der Waals surface area contributed by atoms with Gasteiger partial charge in [-0.25, -0.2) is 4.79 Å². The molecule has 2 aromatic rings. The number of nitrogens with zero attached hydrogens (tertiary/aromatic N) is 2. The van der Waals surface area contributed by atoms with Gasteiger partial charge in [0.15, 0.2) is 0 Å². The van der Waals surface area contributed by atoms with Crippen LogP contribution in [0.3, 0.4) is 0 Å². The van der Waals surface area contributed by atoms with Crippen LogP contribution in [0.4, 0.5) is 5.69 Å². The van der Waals surface area contributed by atoms with E-state index in [-0.39, 0.29) is 5.76 Å². The fraction of sp³-hybridized carbons (Fsp3) is 0.353. The molecular weight excluding hydrogens is 316 g/mol. The summed E-state index contributed by atoms with van der Waals surface area (Å²) in [5.74, 6) is 0.577. The molecule has 0 amide bonds. The number of carbonyl (C=O) groups excluding carboxylic acids is 1. The molecule has 23 heavy (non-hydrogen) atoms.